The molecule has 0 saturated heterocycles. The van der Waals surface area contributed by atoms with Crippen LogP contribution in [0.25, 0.3) is 0 Å². The van der Waals surface area contributed by atoms with Gasteiger partial charge < -0.3 is 10.1 Å². The van der Waals surface area contributed by atoms with Gasteiger partial charge in [-0.3, -0.25) is 4.79 Å². The first-order valence-electron chi connectivity index (χ1n) is 5.38. The Morgan fingerprint density at radius 3 is 3.12 bits per heavy atom. The van der Waals surface area contributed by atoms with Gasteiger partial charge >= 0.3 is 0 Å². The summed E-state index contributed by atoms with van der Waals surface area (Å²) in [6.45, 7) is 0.642. The van der Waals surface area contributed by atoms with Gasteiger partial charge in [0.05, 0.1) is 12.6 Å². The molecule has 1 aromatic carbocycles. The third-order valence-electron chi connectivity index (χ3n) is 2.62. The summed E-state index contributed by atoms with van der Waals surface area (Å²) < 4.78 is 5.52. The number of rotatable bonds is 3. The second-order valence-electron chi connectivity index (χ2n) is 3.73. The average Bonchev–Trinajstić information content (AvgIpc) is 2.30. The fraction of sp³-hybridized carbons (Fsp3) is 0.417. The number of hydrogen-bond acceptors (Lipinski definition) is 2. The molecular weight excluding hydrogens is 226 g/mol. The Balaban J connectivity index is 2.10. The molecule has 0 aliphatic carbocycles. The van der Waals surface area contributed by atoms with E-state index in [-0.39, 0.29) is 11.9 Å². The number of halogens is 1. The van der Waals surface area contributed by atoms with Gasteiger partial charge in [0.2, 0.25) is 5.91 Å². The Morgan fingerprint density at radius 1 is 1.50 bits per heavy atom. The Bertz CT molecular complexity index is 381. The van der Waals surface area contributed by atoms with Crippen LogP contribution in [-0.2, 0) is 4.79 Å². The molecule has 0 aromatic heterocycles. The number of amides is 1. The lowest BCUT2D eigenvalue weighted by Crippen LogP contribution is -2.32. The molecule has 1 atom stereocenters. The van der Waals surface area contributed by atoms with E-state index in [0.717, 1.165) is 17.7 Å². The standard InChI is InChI=1S/C12H14ClNO2/c13-7-5-12(15)14-10-6-8-16-11-4-2-1-3-9(10)11/h1-4,10H,5-8H2,(H,14,15). The molecular formula is C12H14ClNO2. The minimum Gasteiger partial charge on any atom is -0.493 e. The first-order valence-corrected chi connectivity index (χ1v) is 5.92. The average molecular weight is 240 g/mol. The summed E-state index contributed by atoms with van der Waals surface area (Å²) in [5, 5.41) is 2.97. The van der Waals surface area contributed by atoms with Crippen molar-refractivity contribution in [2.75, 3.05) is 12.5 Å². The molecule has 4 heteroatoms. The monoisotopic (exact) mass is 239 g/mol. The van der Waals surface area contributed by atoms with Crippen molar-refractivity contribution in [3.63, 3.8) is 0 Å². The van der Waals surface area contributed by atoms with Crippen LogP contribution in [0.1, 0.15) is 24.4 Å². The molecule has 1 heterocycles. The second-order valence-corrected chi connectivity index (χ2v) is 4.11. The van der Waals surface area contributed by atoms with Crippen LogP contribution in [0, 0.1) is 0 Å². The normalized spacial score (nSPS) is 18.4. The zero-order valence-electron chi connectivity index (χ0n) is 8.91. The van der Waals surface area contributed by atoms with Gasteiger partial charge in [0.25, 0.3) is 0 Å². The molecule has 1 aliphatic rings. The molecule has 1 amide bonds. The van der Waals surface area contributed by atoms with Crippen LogP contribution in [-0.4, -0.2) is 18.4 Å². The van der Waals surface area contributed by atoms with E-state index >= 15 is 0 Å². The predicted octanol–water partition coefficient (Wildman–Crippen LogP) is 2.26. The number of carbonyl (C=O) groups excluding carboxylic acids is 1. The van der Waals surface area contributed by atoms with E-state index in [9.17, 15) is 4.79 Å². The first kappa shape index (κ1) is 11.3. The third kappa shape index (κ3) is 2.47. The van der Waals surface area contributed by atoms with Crippen molar-refractivity contribution in [2.24, 2.45) is 0 Å². The summed E-state index contributed by atoms with van der Waals surface area (Å²) in [6.07, 6.45) is 1.17. The summed E-state index contributed by atoms with van der Waals surface area (Å²) in [6, 6.07) is 7.85. The third-order valence-corrected chi connectivity index (χ3v) is 2.80. The van der Waals surface area contributed by atoms with Crippen LogP contribution < -0.4 is 10.1 Å². The maximum atomic E-state index is 11.5. The van der Waals surface area contributed by atoms with Gasteiger partial charge in [-0.25, -0.2) is 0 Å². The number of nitrogens with one attached hydrogen (secondary N) is 1. The zero-order valence-corrected chi connectivity index (χ0v) is 9.67. The lowest BCUT2D eigenvalue weighted by molar-refractivity contribution is -0.121. The molecule has 16 heavy (non-hydrogen) atoms. The Hall–Kier alpha value is -1.22. The number of fused-ring (bicyclic) bond motifs is 1. The Morgan fingerprint density at radius 2 is 2.31 bits per heavy atom. The highest BCUT2D eigenvalue weighted by molar-refractivity contribution is 6.18. The molecule has 1 N–H and O–H groups in total. The molecule has 1 aliphatic heterocycles. The molecule has 1 aromatic rings. The van der Waals surface area contributed by atoms with Crippen molar-refractivity contribution in [2.45, 2.75) is 18.9 Å². The highest BCUT2D eigenvalue weighted by Gasteiger charge is 2.21. The number of ether oxygens (including phenoxy) is 1. The Kier molecular flexibility index (Phi) is 3.67. The topological polar surface area (TPSA) is 38.3 Å². The second kappa shape index (κ2) is 5.21. The smallest absolute Gasteiger partial charge is 0.221 e. The quantitative estimate of drug-likeness (QED) is 0.822. The van der Waals surface area contributed by atoms with Gasteiger partial charge in [0, 0.05) is 24.3 Å². The molecule has 0 fully saturated rings. The molecule has 86 valence electrons. The molecule has 3 nitrogen and oxygen atoms in total. The van der Waals surface area contributed by atoms with Gasteiger partial charge in [-0.2, -0.15) is 0 Å². The maximum Gasteiger partial charge on any atom is 0.221 e. The summed E-state index contributed by atoms with van der Waals surface area (Å²) in [7, 11) is 0. The lowest BCUT2D eigenvalue weighted by atomic mass is 10.0. The van der Waals surface area contributed by atoms with Gasteiger partial charge in [-0.1, -0.05) is 18.2 Å². The fourth-order valence-corrected chi connectivity index (χ4v) is 2.02. The van der Waals surface area contributed by atoms with Crippen LogP contribution in [0.5, 0.6) is 5.75 Å². The maximum absolute atomic E-state index is 11.5. The minimum atomic E-state index is -0.00305. The van der Waals surface area contributed by atoms with Crippen LogP contribution >= 0.6 is 11.6 Å². The SMILES string of the molecule is O=C(CCCl)NC1CCOc2ccccc21. The molecule has 1 unspecified atom stereocenters. The van der Waals surface area contributed by atoms with Crippen molar-refractivity contribution in [1.82, 2.24) is 5.32 Å². The Labute approximate surface area is 99.7 Å². The van der Waals surface area contributed by atoms with E-state index in [2.05, 4.69) is 5.32 Å². The number of benzene rings is 1. The van der Waals surface area contributed by atoms with Gasteiger partial charge in [0.1, 0.15) is 5.75 Å². The van der Waals surface area contributed by atoms with E-state index in [1.54, 1.807) is 0 Å². The van der Waals surface area contributed by atoms with E-state index in [4.69, 9.17) is 16.3 Å². The van der Waals surface area contributed by atoms with Crippen LogP contribution in [0.2, 0.25) is 0 Å². The molecule has 0 bridgehead atoms. The fourth-order valence-electron chi connectivity index (χ4n) is 1.84. The van der Waals surface area contributed by atoms with Gasteiger partial charge in [0.15, 0.2) is 0 Å². The van der Waals surface area contributed by atoms with E-state index < -0.39 is 0 Å². The van der Waals surface area contributed by atoms with Crippen LogP contribution in [0.3, 0.4) is 0 Å². The summed E-state index contributed by atoms with van der Waals surface area (Å²) in [4.78, 5) is 11.5. The van der Waals surface area contributed by atoms with Crippen molar-refractivity contribution in [3.05, 3.63) is 29.8 Å². The minimum absolute atomic E-state index is 0.00305. The van der Waals surface area contributed by atoms with Crippen molar-refractivity contribution in [3.8, 4) is 5.75 Å². The zero-order chi connectivity index (χ0) is 11.4. The number of carbonyl (C=O) groups is 1. The largest absolute Gasteiger partial charge is 0.493 e. The van der Waals surface area contributed by atoms with Crippen LogP contribution in [0.4, 0.5) is 0 Å². The lowest BCUT2D eigenvalue weighted by Gasteiger charge is -2.26. The summed E-state index contributed by atoms with van der Waals surface area (Å²) in [5.74, 6) is 1.22. The van der Waals surface area contributed by atoms with E-state index in [1.807, 2.05) is 24.3 Å². The number of alkyl halides is 1. The highest BCUT2D eigenvalue weighted by Crippen LogP contribution is 2.31. The first-order chi connectivity index (χ1) is 7.81. The van der Waals surface area contributed by atoms with E-state index in [0.29, 0.717) is 18.9 Å². The molecule has 2 rings (SSSR count). The molecule has 0 spiro atoms. The number of hydrogen-bond donors (Lipinski definition) is 1. The van der Waals surface area contributed by atoms with Crippen LogP contribution in [0.15, 0.2) is 24.3 Å². The number of para-hydroxylation sites is 1. The summed E-state index contributed by atoms with van der Waals surface area (Å²) >= 11 is 5.53. The van der Waals surface area contributed by atoms with Gasteiger partial charge in [-0.15, -0.1) is 11.6 Å². The van der Waals surface area contributed by atoms with Gasteiger partial charge in [-0.05, 0) is 6.07 Å². The molecule has 0 radical (unpaired) electrons. The van der Waals surface area contributed by atoms with E-state index in [1.165, 1.54) is 0 Å². The van der Waals surface area contributed by atoms with Crippen molar-refractivity contribution >= 4 is 17.5 Å². The van der Waals surface area contributed by atoms with Crippen molar-refractivity contribution in [1.29, 1.82) is 0 Å². The highest BCUT2D eigenvalue weighted by atomic mass is 35.5. The van der Waals surface area contributed by atoms with Crippen molar-refractivity contribution < 1.29 is 9.53 Å². The predicted molar refractivity (Wildman–Crippen MR) is 62.8 cm³/mol. The molecule has 0 saturated carbocycles. The summed E-state index contributed by atoms with van der Waals surface area (Å²) in [5.41, 5.74) is 1.05.